The van der Waals surface area contributed by atoms with Crippen molar-refractivity contribution >= 4 is 29.5 Å². The molecule has 3 nitrogen and oxygen atoms in total. The lowest BCUT2D eigenvalue weighted by Crippen LogP contribution is -2.01. The Morgan fingerprint density at radius 1 is 1.25 bits per heavy atom. The predicted molar refractivity (Wildman–Crippen MR) is 63.7 cm³/mol. The normalized spacial score (nSPS) is 10.4. The summed E-state index contributed by atoms with van der Waals surface area (Å²) in [4.78, 5) is 10.8. The summed E-state index contributed by atoms with van der Waals surface area (Å²) < 4.78 is 1.53. The van der Waals surface area contributed by atoms with Gasteiger partial charge in [0.15, 0.2) is 6.29 Å². The van der Waals surface area contributed by atoms with Crippen LogP contribution in [0.4, 0.5) is 0 Å². The molecule has 2 aromatic rings. The van der Waals surface area contributed by atoms with Gasteiger partial charge >= 0.3 is 0 Å². The zero-order valence-electron chi connectivity index (χ0n) is 8.45. The van der Waals surface area contributed by atoms with Crippen LogP contribution in [0, 0.1) is 6.92 Å². The molecule has 0 aliphatic heterocycles. The highest BCUT2D eigenvalue weighted by Crippen LogP contribution is 2.24. The fourth-order valence-corrected chi connectivity index (χ4v) is 1.72. The molecule has 1 heterocycles. The Labute approximate surface area is 103 Å². The van der Waals surface area contributed by atoms with E-state index in [1.54, 1.807) is 24.3 Å². The second-order valence-corrected chi connectivity index (χ2v) is 4.15. The van der Waals surface area contributed by atoms with Crippen LogP contribution in [0.25, 0.3) is 5.69 Å². The van der Waals surface area contributed by atoms with Gasteiger partial charge in [-0.05, 0) is 31.2 Å². The third-order valence-corrected chi connectivity index (χ3v) is 2.87. The average molecular weight is 255 g/mol. The number of hydrogen-bond donors (Lipinski definition) is 0. The first kappa shape index (κ1) is 11.2. The van der Waals surface area contributed by atoms with Gasteiger partial charge in [-0.3, -0.25) is 4.79 Å². The summed E-state index contributed by atoms with van der Waals surface area (Å²) in [5.74, 6) is 0. The lowest BCUT2D eigenvalue weighted by atomic mass is 10.3. The van der Waals surface area contributed by atoms with Crippen LogP contribution in [0.5, 0.6) is 0 Å². The van der Waals surface area contributed by atoms with E-state index in [0.717, 1.165) is 12.0 Å². The van der Waals surface area contributed by atoms with E-state index in [1.807, 2.05) is 6.92 Å². The molecule has 0 bridgehead atoms. The molecule has 0 N–H and O–H groups in total. The highest BCUT2D eigenvalue weighted by molar-refractivity contribution is 6.42. The zero-order valence-corrected chi connectivity index (χ0v) is 9.96. The minimum absolute atomic E-state index is 0.434. The topological polar surface area (TPSA) is 34.9 Å². The minimum atomic E-state index is 0.434. The number of nitrogens with zero attached hydrogens (tertiary/aromatic N) is 2. The molecule has 82 valence electrons. The van der Waals surface area contributed by atoms with Gasteiger partial charge in [0, 0.05) is 0 Å². The van der Waals surface area contributed by atoms with Gasteiger partial charge in [0.05, 0.1) is 21.4 Å². The molecule has 16 heavy (non-hydrogen) atoms. The van der Waals surface area contributed by atoms with Crippen molar-refractivity contribution in [2.75, 3.05) is 0 Å². The molecule has 2 rings (SSSR count). The summed E-state index contributed by atoms with van der Waals surface area (Å²) in [6.45, 7) is 1.82. The second-order valence-electron chi connectivity index (χ2n) is 3.34. The Kier molecular flexibility index (Phi) is 2.99. The van der Waals surface area contributed by atoms with Crippen molar-refractivity contribution in [2.45, 2.75) is 6.92 Å². The third-order valence-electron chi connectivity index (χ3n) is 2.13. The summed E-state index contributed by atoms with van der Waals surface area (Å²) in [7, 11) is 0. The molecule has 0 spiro atoms. The van der Waals surface area contributed by atoms with E-state index in [1.165, 1.54) is 4.68 Å². The Morgan fingerprint density at radius 3 is 2.62 bits per heavy atom. The molecule has 1 aromatic heterocycles. The number of carbonyl (C=O) groups excluding carboxylic acids is 1. The van der Waals surface area contributed by atoms with Crippen LogP contribution in [-0.4, -0.2) is 16.1 Å². The monoisotopic (exact) mass is 254 g/mol. The molecule has 0 amide bonds. The molecule has 5 heteroatoms. The first-order chi connectivity index (χ1) is 7.61. The standard InChI is InChI=1S/C11H8Cl2N2O/c1-7-4-9(6-16)15(14-7)8-2-3-10(12)11(13)5-8/h2-6H,1H3. The lowest BCUT2D eigenvalue weighted by Gasteiger charge is -2.04. The number of carbonyl (C=O) groups is 1. The lowest BCUT2D eigenvalue weighted by molar-refractivity contribution is 0.111. The second kappa shape index (κ2) is 4.28. The van der Waals surface area contributed by atoms with Gasteiger partial charge < -0.3 is 0 Å². The van der Waals surface area contributed by atoms with Gasteiger partial charge in [0.1, 0.15) is 5.69 Å². The zero-order chi connectivity index (χ0) is 11.7. The van der Waals surface area contributed by atoms with E-state index in [9.17, 15) is 4.79 Å². The van der Waals surface area contributed by atoms with Crippen LogP contribution in [0.3, 0.4) is 0 Å². The maximum absolute atomic E-state index is 10.8. The van der Waals surface area contributed by atoms with Gasteiger partial charge in [-0.15, -0.1) is 0 Å². The molecule has 0 unspecified atom stereocenters. The Bertz CT molecular complexity index is 549. The van der Waals surface area contributed by atoms with Crippen molar-refractivity contribution < 1.29 is 4.79 Å². The van der Waals surface area contributed by atoms with Gasteiger partial charge in [-0.1, -0.05) is 23.2 Å². The summed E-state index contributed by atoms with van der Waals surface area (Å²) in [6, 6.07) is 6.80. The van der Waals surface area contributed by atoms with Crippen LogP contribution < -0.4 is 0 Å². The summed E-state index contributed by atoms with van der Waals surface area (Å²) >= 11 is 11.7. The minimum Gasteiger partial charge on any atom is -0.296 e. The molecule has 0 saturated carbocycles. The van der Waals surface area contributed by atoms with Crippen LogP contribution in [0.1, 0.15) is 16.2 Å². The van der Waals surface area contributed by atoms with E-state index in [0.29, 0.717) is 21.4 Å². The molecule has 0 aliphatic rings. The largest absolute Gasteiger partial charge is 0.296 e. The molecule has 0 fully saturated rings. The van der Waals surface area contributed by atoms with E-state index in [2.05, 4.69) is 5.10 Å². The molecular weight excluding hydrogens is 247 g/mol. The van der Waals surface area contributed by atoms with Crippen molar-refractivity contribution in [3.63, 3.8) is 0 Å². The van der Waals surface area contributed by atoms with E-state index in [4.69, 9.17) is 23.2 Å². The highest BCUT2D eigenvalue weighted by Gasteiger charge is 2.08. The fraction of sp³-hybridized carbons (Fsp3) is 0.0909. The number of halogens is 2. The van der Waals surface area contributed by atoms with Gasteiger partial charge in [-0.25, -0.2) is 4.68 Å². The Hall–Kier alpha value is -1.32. The number of rotatable bonds is 2. The third kappa shape index (κ3) is 1.96. The molecular formula is C11H8Cl2N2O. The number of hydrogen-bond acceptors (Lipinski definition) is 2. The summed E-state index contributed by atoms with van der Waals surface area (Å²) in [5.41, 5.74) is 1.97. The smallest absolute Gasteiger partial charge is 0.168 e. The van der Waals surface area contributed by atoms with Crippen molar-refractivity contribution in [2.24, 2.45) is 0 Å². The van der Waals surface area contributed by atoms with Crippen molar-refractivity contribution in [3.8, 4) is 5.69 Å². The maximum Gasteiger partial charge on any atom is 0.168 e. The molecule has 0 atom stereocenters. The fourth-order valence-electron chi connectivity index (χ4n) is 1.43. The average Bonchev–Trinajstić information content (AvgIpc) is 2.63. The van der Waals surface area contributed by atoms with E-state index < -0.39 is 0 Å². The van der Waals surface area contributed by atoms with Crippen LogP contribution in [0.15, 0.2) is 24.3 Å². The summed E-state index contributed by atoms with van der Waals surface area (Å²) in [6.07, 6.45) is 0.752. The van der Waals surface area contributed by atoms with Crippen molar-refractivity contribution in [1.29, 1.82) is 0 Å². The molecule has 0 aliphatic carbocycles. The number of benzene rings is 1. The highest BCUT2D eigenvalue weighted by atomic mass is 35.5. The Morgan fingerprint density at radius 2 is 2.00 bits per heavy atom. The van der Waals surface area contributed by atoms with Gasteiger partial charge in [-0.2, -0.15) is 5.10 Å². The predicted octanol–water partition coefficient (Wildman–Crippen LogP) is 3.30. The first-order valence-corrected chi connectivity index (χ1v) is 5.34. The van der Waals surface area contributed by atoms with Crippen LogP contribution in [0.2, 0.25) is 10.0 Å². The Balaban J connectivity index is 2.57. The van der Waals surface area contributed by atoms with Gasteiger partial charge in [0.2, 0.25) is 0 Å². The number of aldehydes is 1. The van der Waals surface area contributed by atoms with Crippen LogP contribution >= 0.6 is 23.2 Å². The van der Waals surface area contributed by atoms with E-state index >= 15 is 0 Å². The molecule has 0 saturated heterocycles. The first-order valence-electron chi connectivity index (χ1n) is 4.59. The van der Waals surface area contributed by atoms with Crippen molar-refractivity contribution in [1.82, 2.24) is 9.78 Å². The quantitative estimate of drug-likeness (QED) is 0.771. The SMILES string of the molecule is Cc1cc(C=O)n(-c2ccc(Cl)c(Cl)c2)n1. The summed E-state index contributed by atoms with van der Waals surface area (Å²) in [5, 5.41) is 5.11. The van der Waals surface area contributed by atoms with Gasteiger partial charge in [0.25, 0.3) is 0 Å². The maximum atomic E-state index is 10.8. The molecule has 0 radical (unpaired) electrons. The van der Waals surface area contributed by atoms with Crippen molar-refractivity contribution in [3.05, 3.63) is 45.7 Å². The molecule has 1 aromatic carbocycles. The number of aryl methyl sites for hydroxylation is 1. The number of aromatic nitrogens is 2. The van der Waals surface area contributed by atoms with E-state index in [-0.39, 0.29) is 0 Å². The van der Waals surface area contributed by atoms with Crippen LogP contribution in [-0.2, 0) is 0 Å².